The largest absolute Gasteiger partial charge is 0.355 e. The van der Waals surface area contributed by atoms with Crippen molar-refractivity contribution in [2.24, 2.45) is 11.8 Å². The van der Waals surface area contributed by atoms with E-state index in [1.54, 1.807) is 12.1 Å². The molecule has 0 radical (unpaired) electrons. The smallest absolute Gasteiger partial charge is 0.223 e. The summed E-state index contributed by atoms with van der Waals surface area (Å²) in [6, 6.07) is 5.39. The Kier molecular flexibility index (Phi) is 7.10. The summed E-state index contributed by atoms with van der Waals surface area (Å²) in [5.74, 6) is 0.569. The summed E-state index contributed by atoms with van der Waals surface area (Å²) < 4.78 is 0. The normalized spacial score (nSPS) is 15.9. The molecule has 1 amide bonds. The van der Waals surface area contributed by atoms with Crippen molar-refractivity contribution < 1.29 is 4.79 Å². The average Bonchev–Trinajstić information content (AvgIpc) is 2.30. The number of hydrogen-bond donors (Lipinski definition) is 2. The van der Waals surface area contributed by atoms with Crippen LogP contribution in [0.1, 0.15) is 12.5 Å². The van der Waals surface area contributed by atoms with E-state index in [1.165, 1.54) is 0 Å². The molecule has 1 saturated heterocycles. The molecule has 0 bridgehead atoms. The Morgan fingerprint density at radius 2 is 2.15 bits per heavy atom. The number of rotatable bonds is 5. The van der Waals surface area contributed by atoms with Crippen LogP contribution >= 0.6 is 35.6 Å². The summed E-state index contributed by atoms with van der Waals surface area (Å²) in [6.07, 6.45) is 0.630. The van der Waals surface area contributed by atoms with Gasteiger partial charge in [-0.15, -0.1) is 12.4 Å². The van der Waals surface area contributed by atoms with E-state index >= 15 is 0 Å². The first-order valence-electron chi connectivity index (χ1n) is 6.48. The molecule has 1 atom stereocenters. The van der Waals surface area contributed by atoms with E-state index < -0.39 is 0 Å². The Balaban J connectivity index is 0.00000200. The van der Waals surface area contributed by atoms with E-state index in [0.717, 1.165) is 25.2 Å². The van der Waals surface area contributed by atoms with Crippen molar-refractivity contribution in [1.29, 1.82) is 0 Å². The second-order valence-electron chi connectivity index (χ2n) is 5.11. The zero-order valence-corrected chi connectivity index (χ0v) is 13.6. The molecule has 0 saturated carbocycles. The Labute approximate surface area is 135 Å². The maximum atomic E-state index is 12.0. The second-order valence-corrected chi connectivity index (χ2v) is 5.95. The number of amides is 1. The molecule has 1 aliphatic heterocycles. The van der Waals surface area contributed by atoms with Crippen LogP contribution in [0.15, 0.2) is 18.2 Å². The standard InChI is InChI=1S/C14H18Cl2N2O.ClH/c1-9(14(19)18-8-10-6-17-7-10)4-11-2-3-12(15)5-13(11)16;/h2-3,5,9-10,17H,4,6-8H2,1H3,(H,18,19);1H. The van der Waals surface area contributed by atoms with Crippen molar-refractivity contribution in [3.63, 3.8) is 0 Å². The minimum absolute atomic E-state index is 0. The molecular weight excluding hydrogens is 319 g/mol. The lowest BCUT2D eigenvalue weighted by Crippen LogP contribution is -2.48. The van der Waals surface area contributed by atoms with Crippen molar-refractivity contribution in [2.75, 3.05) is 19.6 Å². The van der Waals surface area contributed by atoms with Gasteiger partial charge in [-0.25, -0.2) is 0 Å². The van der Waals surface area contributed by atoms with Crippen LogP contribution in [-0.2, 0) is 11.2 Å². The highest BCUT2D eigenvalue weighted by Gasteiger charge is 2.20. The first kappa shape index (κ1) is 17.6. The van der Waals surface area contributed by atoms with E-state index in [1.807, 2.05) is 13.0 Å². The molecule has 1 aliphatic rings. The Morgan fingerprint density at radius 1 is 1.45 bits per heavy atom. The summed E-state index contributed by atoms with van der Waals surface area (Å²) in [6.45, 7) is 4.67. The summed E-state index contributed by atoms with van der Waals surface area (Å²) in [5, 5.41) is 7.41. The lowest BCUT2D eigenvalue weighted by atomic mass is 9.99. The Hall–Kier alpha value is -0.480. The zero-order valence-electron chi connectivity index (χ0n) is 11.3. The van der Waals surface area contributed by atoms with Crippen molar-refractivity contribution in [1.82, 2.24) is 10.6 Å². The predicted octanol–water partition coefficient (Wildman–Crippen LogP) is 2.93. The minimum Gasteiger partial charge on any atom is -0.355 e. The van der Waals surface area contributed by atoms with E-state index in [-0.39, 0.29) is 24.2 Å². The zero-order chi connectivity index (χ0) is 13.8. The molecule has 1 heterocycles. The second kappa shape index (κ2) is 8.08. The number of carbonyl (C=O) groups is 1. The molecule has 6 heteroatoms. The molecule has 112 valence electrons. The van der Waals surface area contributed by atoms with Gasteiger partial charge in [0.15, 0.2) is 0 Å². The predicted molar refractivity (Wildman–Crippen MR) is 85.9 cm³/mol. The van der Waals surface area contributed by atoms with Gasteiger partial charge in [0.25, 0.3) is 0 Å². The highest BCUT2D eigenvalue weighted by molar-refractivity contribution is 6.35. The first-order chi connectivity index (χ1) is 9.06. The van der Waals surface area contributed by atoms with Gasteiger partial charge in [0.1, 0.15) is 0 Å². The number of carbonyl (C=O) groups excluding carboxylic acids is 1. The van der Waals surface area contributed by atoms with Crippen molar-refractivity contribution in [2.45, 2.75) is 13.3 Å². The van der Waals surface area contributed by atoms with E-state index in [2.05, 4.69) is 10.6 Å². The molecule has 1 aromatic carbocycles. The van der Waals surface area contributed by atoms with Crippen LogP contribution in [-0.4, -0.2) is 25.5 Å². The van der Waals surface area contributed by atoms with Crippen molar-refractivity contribution in [3.05, 3.63) is 33.8 Å². The SMILES string of the molecule is CC(Cc1ccc(Cl)cc1Cl)C(=O)NCC1CNC1.Cl. The average molecular weight is 338 g/mol. The summed E-state index contributed by atoms with van der Waals surface area (Å²) >= 11 is 12.0. The third kappa shape index (κ3) is 4.81. The topological polar surface area (TPSA) is 41.1 Å². The Bertz CT molecular complexity index is 464. The number of nitrogens with one attached hydrogen (secondary N) is 2. The third-order valence-electron chi connectivity index (χ3n) is 3.42. The van der Waals surface area contributed by atoms with Gasteiger partial charge in [0.2, 0.25) is 5.91 Å². The maximum absolute atomic E-state index is 12.0. The first-order valence-corrected chi connectivity index (χ1v) is 7.24. The van der Waals surface area contributed by atoms with Crippen LogP contribution in [0, 0.1) is 11.8 Å². The molecule has 3 nitrogen and oxygen atoms in total. The maximum Gasteiger partial charge on any atom is 0.223 e. The van der Waals surface area contributed by atoms with Crippen LogP contribution in [0.2, 0.25) is 10.0 Å². The van der Waals surface area contributed by atoms with Gasteiger partial charge in [-0.3, -0.25) is 4.79 Å². The molecule has 1 unspecified atom stereocenters. The Morgan fingerprint density at radius 3 is 2.70 bits per heavy atom. The van der Waals surface area contributed by atoms with Gasteiger partial charge in [0, 0.05) is 41.5 Å². The molecule has 0 aromatic heterocycles. The van der Waals surface area contributed by atoms with Gasteiger partial charge in [-0.2, -0.15) is 0 Å². The summed E-state index contributed by atoms with van der Waals surface area (Å²) in [7, 11) is 0. The monoisotopic (exact) mass is 336 g/mol. The highest BCUT2D eigenvalue weighted by Crippen LogP contribution is 2.23. The van der Waals surface area contributed by atoms with Crippen LogP contribution in [0.25, 0.3) is 0 Å². The van der Waals surface area contributed by atoms with Gasteiger partial charge in [-0.05, 0) is 24.1 Å². The third-order valence-corrected chi connectivity index (χ3v) is 4.01. The van der Waals surface area contributed by atoms with Gasteiger partial charge in [0.05, 0.1) is 0 Å². The molecule has 1 aromatic rings. The van der Waals surface area contributed by atoms with Gasteiger partial charge >= 0.3 is 0 Å². The molecule has 2 N–H and O–H groups in total. The fourth-order valence-electron chi connectivity index (χ4n) is 2.02. The number of hydrogen-bond acceptors (Lipinski definition) is 2. The molecule has 1 fully saturated rings. The highest BCUT2D eigenvalue weighted by atomic mass is 35.5. The fourth-order valence-corrected chi connectivity index (χ4v) is 2.51. The van der Waals surface area contributed by atoms with Crippen LogP contribution in [0.4, 0.5) is 0 Å². The molecule has 2 rings (SSSR count). The summed E-state index contributed by atoms with van der Waals surface area (Å²) in [4.78, 5) is 12.0. The van der Waals surface area contributed by atoms with Crippen LogP contribution < -0.4 is 10.6 Å². The van der Waals surface area contributed by atoms with E-state index in [9.17, 15) is 4.79 Å². The number of halogens is 3. The molecule has 20 heavy (non-hydrogen) atoms. The van der Waals surface area contributed by atoms with E-state index in [4.69, 9.17) is 23.2 Å². The molecular formula is C14H19Cl3N2O. The van der Waals surface area contributed by atoms with Gasteiger partial charge in [-0.1, -0.05) is 36.2 Å². The van der Waals surface area contributed by atoms with Crippen molar-refractivity contribution >= 4 is 41.5 Å². The van der Waals surface area contributed by atoms with Crippen LogP contribution in [0.3, 0.4) is 0 Å². The lowest BCUT2D eigenvalue weighted by Gasteiger charge is -2.27. The summed E-state index contributed by atoms with van der Waals surface area (Å²) in [5.41, 5.74) is 0.957. The van der Waals surface area contributed by atoms with Gasteiger partial charge < -0.3 is 10.6 Å². The fraction of sp³-hybridized carbons (Fsp3) is 0.500. The van der Waals surface area contributed by atoms with E-state index in [0.29, 0.717) is 22.4 Å². The molecule has 0 spiro atoms. The quantitative estimate of drug-likeness (QED) is 0.867. The minimum atomic E-state index is -0.0910. The lowest BCUT2D eigenvalue weighted by molar-refractivity contribution is -0.124. The molecule has 0 aliphatic carbocycles. The number of benzene rings is 1. The van der Waals surface area contributed by atoms with Crippen LogP contribution in [0.5, 0.6) is 0 Å². The van der Waals surface area contributed by atoms with Crippen molar-refractivity contribution in [3.8, 4) is 0 Å².